The van der Waals surface area contributed by atoms with Crippen molar-refractivity contribution in [3.05, 3.63) is 63.1 Å². The second-order valence-corrected chi connectivity index (χ2v) is 11.7. The molecule has 0 saturated heterocycles. The molecule has 2 aromatic carbocycles. The van der Waals surface area contributed by atoms with Crippen molar-refractivity contribution in [2.75, 3.05) is 18.9 Å². The van der Waals surface area contributed by atoms with Crippen LogP contribution in [0.4, 0.5) is 0 Å². The lowest BCUT2D eigenvalue weighted by molar-refractivity contribution is 0.321. The van der Waals surface area contributed by atoms with Crippen molar-refractivity contribution in [2.45, 2.75) is 50.5 Å². The van der Waals surface area contributed by atoms with Gasteiger partial charge in [-0.25, -0.2) is 13.1 Å². The Morgan fingerprint density at radius 1 is 1.06 bits per heavy atom. The van der Waals surface area contributed by atoms with E-state index in [1.54, 1.807) is 0 Å². The molecule has 1 fully saturated rings. The van der Waals surface area contributed by atoms with Gasteiger partial charge in [-0.3, -0.25) is 0 Å². The average Bonchev–Trinajstić information content (AvgIpc) is 3.59. The lowest BCUT2D eigenvalue weighted by Crippen LogP contribution is -2.34. The summed E-state index contributed by atoms with van der Waals surface area (Å²) < 4.78 is 32.6. The Morgan fingerprint density at radius 3 is 2.62 bits per heavy atom. The van der Waals surface area contributed by atoms with Crippen molar-refractivity contribution in [1.82, 2.24) is 4.72 Å². The molecule has 0 aromatic heterocycles. The Labute approximate surface area is 200 Å². The minimum atomic E-state index is -3.23. The highest BCUT2D eigenvalue weighted by Gasteiger charge is 2.28. The summed E-state index contributed by atoms with van der Waals surface area (Å²) in [4.78, 5) is 0. The zero-order valence-electron chi connectivity index (χ0n) is 18.0. The van der Waals surface area contributed by atoms with Crippen LogP contribution in [0, 0.1) is 5.92 Å². The van der Waals surface area contributed by atoms with Gasteiger partial charge in [0.05, 0.1) is 15.8 Å². The van der Waals surface area contributed by atoms with Gasteiger partial charge in [-0.2, -0.15) is 0 Å². The molecule has 0 spiro atoms. The van der Waals surface area contributed by atoms with E-state index in [1.807, 2.05) is 24.3 Å². The van der Waals surface area contributed by atoms with E-state index in [0.717, 1.165) is 49.8 Å². The Bertz CT molecular complexity index is 1060. The summed E-state index contributed by atoms with van der Waals surface area (Å²) in [5.74, 6) is 1.68. The highest BCUT2D eigenvalue weighted by molar-refractivity contribution is 7.89. The molecule has 3 N–H and O–H groups in total. The molecule has 2 aromatic rings. The van der Waals surface area contributed by atoms with E-state index < -0.39 is 10.0 Å². The molecule has 2 aliphatic carbocycles. The van der Waals surface area contributed by atoms with E-state index in [1.165, 1.54) is 11.1 Å². The summed E-state index contributed by atoms with van der Waals surface area (Å²) >= 11 is 12.3. The third-order valence-electron chi connectivity index (χ3n) is 6.40. The van der Waals surface area contributed by atoms with Gasteiger partial charge in [0.15, 0.2) is 0 Å². The molecule has 32 heavy (non-hydrogen) atoms. The Kier molecular flexibility index (Phi) is 7.68. The number of ether oxygens (including phenoxy) is 1. The van der Waals surface area contributed by atoms with Crippen LogP contribution in [0.15, 0.2) is 36.4 Å². The minimum Gasteiger partial charge on any atom is -0.492 e. The summed E-state index contributed by atoms with van der Waals surface area (Å²) in [6, 6.07) is 11.9. The van der Waals surface area contributed by atoms with Crippen molar-refractivity contribution in [3.8, 4) is 5.75 Å². The predicted octanol–water partition coefficient (Wildman–Crippen LogP) is 4.69. The fourth-order valence-corrected chi connectivity index (χ4v) is 5.84. The number of halogens is 2. The molecule has 5 nitrogen and oxygen atoms in total. The van der Waals surface area contributed by atoms with Gasteiger partial charge >= 0.3 is 0 Å². The van der Waals surface area contributed by atoms with E-state index in [2.05, 4.69) is 16.9 Å². The highest BCUT2D eigenvalue weighted by atomic mass is 35.5. The molecule has 0 heterocycles. The summed E-state index contributed by atoms with van der Waals surface area (Å²) in [5, 5.41) is 1.09. The van der Waals surface area contributed by atoms with Crippen molar-refractivity contribution in [3.63, 3.8) is 0 Å². The van der Waals surface area contributed by atoms with Crippen molar-refractivity contribution < 1.29 is 13.2 Å². The Hall–Kier alpha value is -1.31. The molecule has 2 aliphatic rings. The second-order valence-electron chi connectivity index (χ2n) is 8.92. The molecule has 2 unspecified atom stereocenters. The number of aryl methyl sites for hydroxylation is 1. The molecular weight excluding hydrogens is 467 g/mol. The number of nitrogens with one attached hydrogen (secondary N) is 1. The lowest BCUT2D eigenvalue weighted by atomic mass is 9.76. The summed E-state index contributed by atoms with van der Waals surface area (Å²) in [6.45, 7) is 0.543. The maximum atomic E-state index is 12.1. The number of hydrogen-bond acceptors (Lipinski definition) is 4. The van der Waals surface area contributed by atoms with Crippen LogP contribution in [0.2, 0.25) is 10.0 Å². The third kappa shape index (κ3) is 6.39. The van der Waals surface area contributed by atoms with Crippen molar-refractivity contribution in [1.29, 1.82) is 0 Å². The van der Waals surface area contributed by atoms with Gasteiger partial charge in [0, 0.05) is 18.5 Å². The monoisotopic (exact) mass is 496 g/mol. The number of hydrogen-bond donors (Lipinski definition) is 2. The van der Waals surface area contributed by atoms with Crippen LogP contribution in [-0.4, -0.2) is 33.4 Å². The van der Waals surface area contributed by atoms with Crippen LogP contribution in [0.1, 0.15) is 48.3 Å². The van der Waals surface area contributed by atoms with E-state index in [9.17, 15) is 8.42 Å². The fraction of sp³-hybridized carbons (Fsp3) is 0.500. The summed E-state index contributed by atoms with van der Waals surface area (Å²) in [6.07, 6.45) is 5.72. The predicted molar refractivity (Wildman–Crippen MR) is 130 cm³/mol. The number of nitrogens with two attached hydrogens (primary N) is 1. The number of benzene rings is 2. The molecule has 174 valence electrons. The highest BCUT2D eigenvalue weighted by Crippen LogP contribution is 2.36. The van der Waals surface area contributed by atoms with Crippen LogP contribution in [0.3, 0.4) is 0 Å². The Morgan fingerprint density at radius 2 is 1.88 bits per heavy atom. The van der Waals surface area contributed by atoms with Crippen LogP contribution < -0.4 is 15.2 Å². The summed E-state index contributed by atoms with van der Waals surface area (Å²) in [5.41, 5.74) is 10.1. The summed E-state index contributed by atoms with van der Waals surface area (Å²) in [7, 11) is -3.23. The van der Waals surface area contributed by atoms with Crippen LogP contribution in [0.5, 0.6) is 5.75 Å². The molecule has 0 amide bonds. The molecule has 2 atom stereocenters. The first-order chi connectivity index (χ1) is 15.3. The minimum absolute atomic E-state index is 0.0467. The molecule has 0 aliphatic heterocycles. The van der Waals surface area contributed by atoms with E-state index in [4.69, 9.17) is 33.7 Å². The first-order valence-electron chi connectivity index (χ1n) is 11.2. The maximum Gasteiger partial charge on any atom is 0.211 e. The quantitative estimate of drug-likeness (QED) is 0.467. The lowest BCUT2D eigenvalue weighted by Gasteiger charge is -2.32. The topological polar surface area (TPSA) is 81.4 Å². The number of fused-ring (bicyclic) bond motifs is 1. The average molecular weight is 497 g/mol. The largest absolute Gasteiger partial charge is 0.492 e. The smallest absolute Gasteiger partial charge is 0.211 e. The number of sulfonamides is 1. The van der Waals surface area contributed by atoms with E-state index >= 15 is 0 Å². The van der Waals surface area contributed by atoms with Crippen LogP contribution >= 0.6 is 23.2 Å². The van der Waals surface area contributed by atoms with E-state index in [-0.39, 0.29) is 30.9 Å². The van der Waals surface area contributed by atoms with Crippen molar-refractivity contribution >= 4 is 33.2 Å². The standard InChI is InChI=1S/C24H30Cl2N2O3S/c25-22-7-3-17(14-23(22)26)13-21-20-15-19(6-4-18(20)5-8-24(21)27)31-11-10-28-32(29,30)12-9-16-1-2-16/h3-4,6-7,14-16,21,24,28H,1-2,5,8-13,27H2. The zero-order chi connectivity index (χ0) is 22.7. The molecule has 1 saturated carbocycles. The van der Waals surface area contributed by atoms with Gasteiger partial charge in [0.2, 0.25) is 10.0 Å². The van der Waals surface area contributed by atoms with Crippen molar-refractivity contribution in [2.24, 2.45) is 11.7 Å². The first-order valence-corrected chi connectivity index (χ1v) is 13.6. The second kappa shape index (κ2) is 10.3. The fourth-order valence-electron chi connectivity index (χ4n) is 4.34. The van der Waals surface area contributed by atoms with Gasteiger partial charge < -0.3 is 10.5 Å². The molecule has 0 bridgehead atoms. The van der Waals surface area contributed by atoms with Gasteiger partial charge in [-0.05, 0) is 72.6 Å². The molecule has 0 radical (unpaired) electrons. The maximum absolute atomic E-state index is 12.1. The van der Waals surface area contributed by atoms with Crippen LogP contribution in [-0.2, 0) is 22.9 Å². The third-order valence-corrected chi connectivity index (χ3v) is 8.56. The van der Waals surface area contributed by atoms with E-state index in [0.29, 0.717) is 16.0 Å². The first kappa shape index (κ1) is 23.8. The van der Waals surface area contributed by atoms with Crippen LogP contribution in [0.25, 0.3) is 0 Å². The van der Waals surface area contributed by atoms with Gasteiger partial charge in [0.25, 0.3) is 0 Å². The SMILES string of the molecule is NC1CCc2ccc(OCCNS(=O)(=O)CCC3CC3)cc2C1Cc1ccc(Cl)c(Cl)c1. The van der Waals surface area contributed by atoms with Gasteiger partial charge in [-0.1, -0.05) is 48.2 Å². The molecule has 8 heteroatoms. The van der Waals surface area contributed by atoms with Gasteiger partial charge in [0.1, 0.15) is 12.4 Å². The Balaban J connectivity index is 1.37. The number of rotatable bonds is 10. The van der Waals surface area contributed by atoms with Gasteiger partial charge in [-0.15, -0.1) is 0 Å². The molecule has 4 rings (SSSR count). The zero-order valence-corrected chi connectivity index (χ0v) is 20.4. The normalized spacial score (nSPS) is 20.7. The molecular formula is C24H30Cl2N2O3S.